The lowest BCUT2D eigenvalue weighted by Crippen LogP contribution is -2.50. The Morgan fingerprint density at radius 3 is 2.69 bits per heavy atom. The second-order valence-corrected chi connectivity index (χ2v) is 7.49. The number of methoxy groups -OCH3 is 1. The van der Waals surface area contributed by atoms with Gasteiger partial charge in [-0.2, -0.15) is 0 Å². The van der Waals surface area contributed by atoms with Crippen LogP contribution in [0.4, 0.5) is 10.5 Å². The number of amides is 2. The molecule has 0 bridgehead atoms. The van der Waals surface area contributed by atoms with Crippen molar-refractivity contribution < 1.29 is 24.2 Å². The number of anilines is 1. The number of hydrogen-bond acceptors (Lipinski definition) is 5. The van der Waals surface area contributed by atoms with E-state index < -0.39 is 0 Å². The average Bonchev–Trinajstić information content (AvgIpc) is 2.75. The standard InChI is InChI=1S/C21H21ClN2O5/c1-28-19-11-18(25)16(22)10-15(19)20(26)23-8-6-14(7-9-23)24-17-5-3-2-4-13(17)12-29-21(24)27/h2-5,10-11,14,25H,6-9,12H2,1H3. The van der Waals surface area contributed by atoms with Crippen molar-refractivity contribution in [2.45, 2.75) is 25.5 Å². The number of aromatic hydroxyl groups is 1. The van der Waals surface area contributed by atoms with E-state index in [9.17, 15) is 14.7 Å². The van der Waals surface area contributed by atoms with Gasteiger partial charge in [-0.3, -0.25) is 9.69 Å². The van der Waals surface area contributed by atoms with Crippen molar-refractivity contribution in [2.24, 2.45) is 0 Å². The van der Waals surface area contributed by atoms with Gasteiger partial charge in [0.25, 0.3) is 5.91 Å². The van der Waals surface area contributed by atoms with E-state index in [0.29, 0.717) is 31.5 Å². The summed E-state index contributed by atoms with van der Waals surface area (Å²) in [5.41, 5.74) is 2.16. The molecule has 2 aliphatic heterocycles. The normalized spacial score (nSPS) is 17.0. The number of benzene rings is 2. The van der Waals surface area contributed by atoms with Crippen LogP contribution >= 0.6 is 11.6 Å². The van der Waals surface area contributed by atoms with Crippen molar-refractivity contribution in [3.63, 3.8) is 0 Å². The van der Waals surface area contributed by atoms with Crippen molar-refractivity contribution in [1.82, 2.24) is 4.90 Å². The number of likely N-dealkylation sites (tertiary alicyclic amines) is 1. The van der Waals surface area contributed by atoms with Gasteiger partial charge in [-0.05, 0) is 25.0 Å². The minimum absolute atomic E-state index is 0.0432. The molecule has 2 aromatic carbocycles. The van der Waals surface area contributed by atoms with E-state index in [1.54, 1.807) is 9.80 Å². The molecular formula is C21H21ClN2O5. The molecule has 8 heteroatoms. The fraction of sp³-hybridized carbons (Fsp3) is 0.333. The molecule has 0 unspecified atom stereocenters. The first-order valence-electron chi connectivity index (χ1n) is 9.39. The first-order valence-corrected chi connectivity index (χ1v) is 9.77. The molecule has 2 aliphatic rings. The number of para-hydroxylation sites is 1. The van der Waals surface area contributed by atoms with Crippen LogP contribution in [0.3, 0.4) is 0 Å². The molecule has 0 spiro atoms. The minimum Gasteiger partial charge on any atom is -0.506 e. The first-order chi connectivity index (χ1) is 14.0. The highest BCUT2D eigenvalue weighted by molar-refractivity contribution is 6.32. The number of phenols is 1. The van der Waals surface area contributed by atoms with Gasteiger partial charge in [0.1, 0.15) is 18.1 Å². The fourth-order valence-corrected chi connectivity index (χ4v) is 4.06. The van der Waals surface area contributed by atoms with E-state index >= 15 is 0 Å². The molecule has 1 N–H and O–H groups in total. The van der Waals surface area contributed by atoms with Crippen LogP contribution in [0.25, 0.3) is 0 Å². The van der Waals surface area contributed by atoms with Crippen molar-refractivity contribution in [3.8, 4) is 11.5 Å². The summed E-state index contributed by atoms with van der Waals surface area (Å²) in [6, 6.07) is 10.4. The lowest BCUT2D eigenvalue weighted by Gasteiger charge is -2.40. The van der Waals surface area contributed by atoms with Gasteiger partial charge in [0.2, 0.25) is 0 Å². The molecule has 1 fully saturated rings. The lowest BCUT2D eigenvalue weighted by atomic mass is 10.00. The number of carbonyl (C=O) groups is 2. The molecule has 0 radical (unpaired) electrons. The summed E-state index contributed by atoms with van der Waals surface area (Å²) in [5, 5.41) is 9.84. The second kappa shape index (κ2) is 7.83. The van der Waals surface area contributed by atoms with Crippen LogP contribution in [0.2, 0.25) is 5.02 Å². The molecule has 0 aromatic heterocycles. The number of fused-ring (bicyclic) bond motifs is 1. The van der Waals surface area contributed by atoms with E-state index in [-0.39, 0.29) is 41.2 Å². The number of nitrogens with zero attached hydrogens (tertiary/aromatic N) is 2. The zero-order chi connectivity index (χ0) is 20.5. The van der Waals surface area contributed by atoms with Crippen molar-refractivity contribution in [2.75, 3.05) is 25.1 Å². The van der Waals surface area contributed by atoms with Crippen molar-refractivity contribution in [3.05, 3.63) is 52.5 Å². The summed E-state index contributed by atoms with van der Waals surface area (Å²) in [4.78, 5) is 28.8. The SMILES string of the molecule is COc1cc(O)c(Cl)cc1C(=O)N1CCC(N2C(=O)OCc3ccccc32)CC1. The zero-order valence-electron chi connectivity index (χ0n) is 15.9. The van der Waals surface area contributed by atoms with Gasteiger partial charge < -0.3 is 19.5 Å². The molecule has 0 saturated carbocycles. The Balaban J connectivity index is 1.50. The summed E-state index contributed by atoms with van der Waals surface area (Å²) < 4.78 is 10.5. The van der Waals surface area contributed by atoms with Crippen molar-refractivity contribution in [1.29, 1.82) is 0 Å². The maximum absolute atomic E-state index is 13.0. The number of hydrogen-bond donors (Lipinski definition) is 1. The quantitative estimate of drug-likeness (QED) is 0.822. The maximum atomic E-state index is 13.0. The van der Waals surface area contributed by atoms with Gasteiger partial charge in [0.15, 0.2) is 0 Å². The molecule has 1 saturated heterocycles. The topological polar surface area (TPSA) is 79.3 Å². The van der Waals surface area contributed by atoms with Gasteiger partial charge in [0, 0.05) is 30.8 Å². The number of cyclic esters (lactones) is 1. The van der Waals surface area contributed by atoms with E-state index in [1.165, 1.54) is 19.2 Å². The molecule has 0 atom stereocenters. The van der Waals surface area contributed by atoms with Crippen LogP contribution in [0.15, 0.2) is 36.4 Å². The van der Waals surface area contributed by atoms with E-state index in [1.807, 2.05) is 24.3 Å². The van der Waals surface area contributed by atoms with Crippen LogP contribution in [-0.4, -0.2) is 48.2 Å². The number of phenolic OH excluding ortho intramolecular Hbond substituents is 1. The third kappa shape index (κ3) is 3.58. The van der Waals surface area contributed by atoms with Crippen LogP contribution in [-0.2, 0) is 11.3 Å². The molecular weight excluding hydrogens is 396 g/mol. The van der Waals surface area contributed by atoms with Crippen LogP contribution in [0.1, 0.15) is 28.8 Å². The Bertz CT molecular complexity index is 956. The summed E-state index contributed by atoms with van der Waals surface area (Å²) in [7, 11) is 1.44. The molecule has 4 rings (SSSR count). The second-order valence-electron chi connectivity index (χ2n) is 7.08. The third-order valence-corrected chi connectivity index (χ3v) is 5.72. The summed E-state index contributed by atoms with van der Waals surface area (Å²) in [6.45, 7) is 1.25. The predicted octanol–water partition coefficient (Wildman–Crippen LogP) is 3.82. The Kier molecular flexibility index (Phi) is 5.24. The van der Waals surface area contributed by atoms with Gasteiger partial charge in [-0.15, -0.1) is 0 Å². The molecule has 152 valence electrons. The highest BCUT2D eigenvalue weighted by Crippen LogP contribution is 2.34. The maximum Gasteiger partial charge on any atom is 0.414 e. The summed E-state index contributed by atoms with van der Waals surface area (Å²) in [6.07, 6.45) is 0.910. The van der Waals surface area contributed by atoms with Gasteiger partial charge in [0.05, 0.1) is 23.4 Å². The number of piperidine rings is 1. The molecule has 2 heterocycles. The van der Waals surface area contributed by atoms with E-state index in [0.717, 1.165) is 11.3 Å². The third-order valence-electron chi connectivity index (χ3n) is 5.42. The average molecular weight is 417 g/mol. The summed E-state index contributed by atoms with van der Waals surface area (Å²) >= 11 is 5.98. The largest absolute Gasteiger partial charge is 0.506 e. The monoisotopic (exact) mass is 416 g/mol. The van der Waals surface area contributed by atoms with Gasteiger partial charge >= 0.3 is 6.09 Å². The smallest absolute Gasteiger partial charge is 0.414 e. The number of rotatable bonds is 3. The number of ether oxygens (including phenoxy) is 2. The van der Waals surface area contributed by atoms with Gasteiger partial charge in [-0.25, -0.2) is 4.79 Å². The van der Waals surface area contributed by atoms with Crippen LogP contribution < -0.4 is 9.64 Å². The Morgan fingerprint density at radius 1 is 1.24 bits per heavy atom. The summed E-state index contributed by atoms with van der Waals surface area (Å²) in [5.74, 6) is -0.0857. The molecule has 29 heavy (non-hydrogen) atoms. The highest BCUT2D eigenvalue weighted by Gasteiger charge is 2.35. The first kappa shape index (κ1) is 19.4. The number of halogens is 1. The van der Waals surface area contributed by atoms with Crippen LogP contribution in [0.5, 0.6) is 11.5 Å². The zero-order valence-corrected chi connectivity index (χ0v) is 16.7. The van der Waals surface area contributed by atoms with Crippen molar-refractivity contribution >= 4 is 29.3 Å². The predicted molar refractivity (Wildman–Crippen MR) is 108 cm³/mol. The lowest BCUT2D eigenvalue weighted by molar-refractivity contribution is 0.0705. The Morgan fingerprint density at radius 2 is 1.97 bits per heavy atom. The molecule has 2 aromatic rings. The Labute approximate surface area is 173 Å². The Hall–Kier alpha value is -2.93. The van der Waals surface area contributed by atoms with E-state index in [2.05, 4.69) is 0 Å². The van der Waals surface area contributed by atoms with E-state index in [4.69, 9.17) is 21.1 Å². The number of carbonyl (C=O) groups excluding carboxylic acids is 2. The highest BCUT2D eigenvalue weighted by atomic mass is 35.5. The van der Waals surface area contributed by atoms with Gasteiger partial charge in [-0.1, -0.05) is 29.8 Å². The molecule has 7 nitrogen and oxygen atoms in total. The molecule has 0 aliphatic carbocycles. The minimum atomic E-state index is -0.347. The fourth-order valence-electron chi connectivity index (χ4n) is 3.90. The molecule has 2 amide bonds. The van der Waals surface area contributed by atoms with Crippen LogP contribution in [0, 0.1) is 0 Å².